The molecule has 0 bridgehead atoms. The third-order valence-electron chi connectivity index (χ3n) is 11.2. The van der Waals surface area contributed by atoms with Crippen LogP contribution in [0.4, 0.5) is 58.7 Å². The summed E-state index contributed by atoms with van der Waals surface area (Å²) >= 11 is 0. The topological polar surface area (TPSA) is 175 Å². The number of halogens is 6. The van der Waals surface area contributed by atoms with Gasteiger partial charge in [-0.1, -0.05) is 36.4 Å². The van der Waals surface area contributed by atoms with Gasteiger partial charge in [-0.05, 0) is 97.7 Å². The molecule has 0 fully saturated rings. The zero-order valence-electron chi connectivity index (χ0n) is 34.0. The molecule has 2 aromatic heterocycles. The number of hydrogen-bond acceptors (Lipinski definition) is 7. The van der Waals surface area contributed by atoms with E-state index in [-0.39, 0.29) is 58.7 Å². The molecule has 65 heavy (non-hydrogen) atoms. The van der Waals surface area contributed by atoms with Crippen LogP contribution in [0, 0.1) is 22.7 Å². The quantitative estimate of drug-likeness (QED) is 0.0601. The number of hydrogen-bond donors (Lipinski definition) is 5. The van der Waals surface area contributed by atoms with Crippen LogP contribution in [0.15, 0.2) is 109 Å². The fourth-order valence-corrected chi connectivity index (χ4v) is 8.11. The number of carbonyl (C=O) groups is 2. The molecule has 4 heterocycles. The summed E-state index contributed by atoms with van der Waals surface area (Å²) in [5, 5.41) is 50.6. The Morgan fingerprint density at radius 3 is 1.34 bits per heavy atom. The van der Waals surface area contributed by atoms with Gasteiger partial charge in [0, 0.05) is 25.5 Å². The van der Waals surface area contributed by atoms with Crippen molar-refractivity contribution < 1.29 is 46.1 Å². The average molecular weight is 894 g/mol. The Bertz CT molecular complexity index is 2670. The van der Waals surface area contributed by atoms with Gasteiger partial charge in [0.15, 0.2) is 11.8 Å². The average Bonchev–Trinajstić information content (AvgIpc) is 3.79. The number of rotatable bonds is 12. The van der Waals surface area contributed by atoms with Crippen LogP contribution < -0.4 is 25.8 Å². The van der Waals surface area contributed by atoms with E-state index in [1.165, 1.54) is 45.8 Å². The molecule has 2 aliphatic heterocycles. The van der Waals surface area contributed by atoms with E-state index in [4.69, 9.17) is 0 Å². The number of nitrogens with one attached hydrogen (secondary N) is 3. The molecule has 13 nitrogen and oxygen atoms in total. The fraction of sp³-hybridized carbons (Fsp3) is 0.217. The van der Waals surface area contributed by atoms with E-state index in [1.54, 1.807) is 48.5 Å². The van der Waals surface area contributed by atoms with Gasteiger partial charge in [0.25, 0.3) is 0 Å². The fourth-order valence-electron chi connectivity index (χ4n) is 8.11. The van der Waals surface area contributed by atoms with Gasteiger partial charge in [0.05, 0.1) is 80.4 Å². The Hall–Kier alpha value is -7.90. The Kier molecular flexibility index (Phi) is 11.7. The third kappa shape index (κ3) is 8.61. The summed E-state index contributed by atoms with van der Waals surface area (Å²) in [5.74, 6) is -0.435. The van der Waals surface area contributed by atoms with Crippen LogP contribution in [-0.4, -0.2) is 44.5 Å². The van der Waals surface area contributed by atoms with E-state index in [0.29, 0.717) is 48.2 Å². The highest BCUT2D eigenvalue weighted by molar-refractivity contribution is 6.04. The van der Waals surface area contributed by atoms with Crippen molar-refractivity contribution in [3.05, 3.63) is 154 Å². The predicted octanol–water partition coefficient (Wildman–Crippen LogP) is 9.45. The number of nitriles is 2. The van der Waals surface area contributed by atoms with Crippen LogP contribution >= 0.6 is 0 Å². The van der Waals surface area contributed by atoms with Gasteiger partial charge in [-0.2, -0.15) is 36.9 Å². The van der Waals surface area contributed by atoms with E-state index in [1.807, 2.05) is 12.1 Å². The van der Waals surface area contributed by atoms with Gasteiger partial charge in [0.1, 0.15) is 0 Å². The molecule has 0 radical (unpaired) electrons. The molecule has 4 aromatic carbocycles. The van der Waals surface area contributed by atoms with Gasteiger partial charge in [0.2, 0.25) is 0 Å². The minimum Gasteiger partial charge on any atom is -0.494 e. The summed E-state index contributed by atoms with van der Waals surface area (Å²) in [7, 11) is 0. The minimum atomic E-state index is -4.68. The minimum absolute atomic E-state index is 0.0683. The summed E-state index contributed by atoms with van der Waals surface area (Å²) in [5.41, 5.74) is 0.573. The Labute approximate surface area is 367 Å². The number of alkyl halides is 6. The number of aromatic nitrogens is 2. The lowest BCUT2D eigenvalue weighted by Gasteiger charge is -2.33. The highest BCUT2D eigenvalue weighted by Gasteiger charge is 2.41. The Morgan fingerprint density at radius 1 is 0.600 bits per heavy atom. The monoisotopic (exact) mass is 893 g/mol. The van der Waals surface area contributed by atoms with Crippen molar-refractivity contribution in [2.45, 2.75) is 50.4 Å². The molecule has 332 valence electrons. The van der Waals surface area contributed by atoms with Gasteiger partial charge in [-0.25, -0.2) is 9.59 Å². The molecule has 2 atom stereocenters. The molecule has 2 aliphatic rings. The van der Waals surface area contributed by atoms with Crippen molar-refractivity contribution in [3.63, 3.8) is 0 Å². The normalized spacial score (nSPS) is 16.0. The third-order valence-corrected chi connectivity index (χ3v) is 11.2. The Balaban J connectivity index is 0.979. The molecule has 5 N–H and O–H groups in total. The second kappa shape index (κ2) is 17.3. The number of nitrogens with zero attached hydrogens (tertiary/aromatic N) is 6. The molecule has 0 spiro atoms. The lowest BCUT2D eigenvalue weighted by molar-refractivity contribution is -0.138. The molecule has 6 aromatic rings. The summed E-state index contributed by atoms with van der Waals surface area (Å²) in [6, 6.07) is 22.0. The second-order valence-electron chi connectivity index (χ2n) is 15.3. The SMILES string of the molecule is N#Cc1ccc([C@H]2NC(=O)N(c3cccc(C(F)(F)F)c3)c3cn(CCCNCCCn4cc5c(c4O)[C@@H](c4ccc(C#N)cc4)NC(=O)N5c4cccc(C(F)(F)F)c4)c(O)c32)cc1. The van der Waals surface area contributed by atoms with E-state index in [9.17, 15) is 56.7 Å². The maximum atomic E-state index is 13.7. The van der Waals surface area contributed by atoms with Crippen molar-refractivity contribution in [1.82, 2.24) is 25.1 Å². The van der Waals surface area contributed by atoms with E-state index >= 15 is 0 Å². The van der Waals surface area contributed by atoms with Gasteiger partial charge >= 0.3 is 24.4 Å². The zero-order chi connectivity index (χ0) is 46.2. The number of anilines is 4. The van der Waals surface area contributed by atoms with Gasteiger partial charge in [-0.3, -0.25) is 9.80 Å². The van der Waals surface area contributed by atoms with E-state index in [0.717, 1.165) is 34.1 Å². The lowest BCUT2D eigenvalue weighted by atomic mass is 9.96. The molecule has 0 unspecified atom stereocenters. The van der Waals surface area contributed by atoms with Crippen LogP contribution in [0.1, 0.15) is 69.4 Å². The van der Waals surface area contributed by atoms with Crippen LogP contribution in [-0.2, 0) is 25.4 Å². The number of urea groups is 2. The van der Waals surface area contributed by atoms with Crippen LogP contribution in [0.5, 0.6) is 11.8 Å². The number of aryl methyl sites for hydroxylation is 2. The van der Waals surface area contributed by atoms with Crippen LogP contribution in [0.3, 0.4) is 0 Å². The molecule has 19 heteroatoms. The molecule has 0 saturated heterocycles. The largest absolute Gasteiger partial charge is 0.494 e. The number of aromatic hydroxyl groups is 2. The first-order valence-corrected chi connectivity index (χ1v) is 20.2. The highest BCUT2D eigenvalue weighted by atomic mass is 19.4. The summed E-state index contributed by atoms with van der Waals surface area (Å²) in [6.07, 6.45) is -5.45. The standard InChI is InChI=1S/C46H37F6N9O4/c47-45(48,49)31-5-1-7-33(21-31)60-35-25-58(41(62)37(35)39(56-43(60)64)29-13-9-27(23-53)10-14-29)19-3-17-55-18-4-20-59-26-36-38(42(59)63)40(30-15-11-28(24-54)12-16-30)57-44(65)61(36)34-8-2-6-32(22-34)46(50,51)52/h1-2,5-16,21-22,25-26,39-40,55,62-63H,3-4,17-20H2,(H,56,64)(H,57,65)/t39-,40-/m1/s1. The molecule has 0 aliphatic carbocycles. The van der Waals surface area contributed by atoms with E-state index < -0.39 is 47.6 Å². The van der Waals surface area contributed by atoms with Crippen molar-refractivity contribution in [2.24, 2.45) is 0 Å². The van der Waals surface area contributed by atoms with Crippen molar-refractivity contribution in [1.29, 1.82) is 10.5 Å². The summed E-state index contributed by atoms with van der Waals surface area (Å²) in [4.78, 5) is 29.4. The first kappa shape index (κ1) is 43.7. The first-order valence-electron chi connectivity index (χ1n) is 20.2. The van der Waals surface area contributed by atoms with Crippen molar-refractivity contribution >= 4 is 34.8 Å². The highest BCUT2D eigenvalue weighted by Crippen LogP contribution is 2.47. The molecule has 8 rings (SSSR count). The first-order chi connectivity index (χ1) is 31.1. The van der Waals surface area contributed by atoms with Crippen LogP contribution in [0.2, 0.25) is 0 Å². The molecule has 4 amide bonds. The molecular formula is C46H37F6N9O4. The lowest BCUT2D eigenvalue weighted by Crippen LogP contribution is -2.44. The number of carbonyl (C=O) groups excluding carboxylic acids is 2. The molecule has 0 saturated carbocycles. The molecular weight excluding hydrogens is 857 g/mol. The van der Waals surface area contributed by atoms with E-state index in [2.05, 4.69) is 16.0 Å². The Morgan fingerprint density at radius 2 is 0.985 bits per heavy atom. The second-order valence-corrected chi connectivity index (χ2v) is 15.3. The van der Waals surface area contributed by atoms with Gasteiger partial charge in [-0.15, -0.1) is 0 Å². The number of fused-ring (bicyclic) bond motifs is 2. The maximum absolute atomic E-state index is 13.7. The summed E-state index contributed by atoms with van der Waals surface area (Å²) < 4.78 is 85.3. The smallest absolute Gasteiger partial charge is 0.416 e. The van der Waals surface area contributed by atoms with Gasteiger partial charge < -0.3 is 35.3 Å². The number of benzene rings is 4. The van der Waals surface area contributed by atoms with Crippen molar-refractivity contribution in [2.75, 3.05) is 22.9 Å². The van der Waals surface area contributed by atoms with Crippen molar-refractivity contribution in [3.8, 4) is 23.9 Å². The number of amides is 4. The maximum Gasteiger partial charge on any atom is 0.416 e. The van der Waals surface area contributed by atoms with Crippen LogP contribution in [0.25, 0.3) is 0 Å². The summed E-state index contributed by atoms with van der Waals surface area (Å²) in [6.45, 7) is 1.30. The predicted molar refractivity (Wildman–Crippen MR) is 225 cm³/mol. The zero-order valence-corrected chi connectivity index (χ0v) is 34.0.